The maximum Gasteiger partial charge on any atom is 0.224 e. The Labute approximate surface area is 181 Å². The van der Waals surface area contributed by atoms with Gasteiger partial charge in [0, 0.05) is 34.1 Å². The first-order chi connectivity index (χ1) is 14.7. The molecule has 1 aliphatic rings. The van der Waals surface area contributed by atoms with Gasteiger partial charge in [-0.3, -0.25) is 9.79 Å². The van der Waals surface area contributed by atoms with E-state index in [1.807, 2.05) is 66.7 Å². The summed E-state index contributed by atoms with van der Waals surface area (Å²) in [5.41, 5.74) is 3.01. The minimum Gasteiger partial charge on any atom is -0.354 e. The number of hydrogen-bond acceptors (Lipinski definition) is 5. The van der Waals surface area contributed by atoms with E-state index in [1.54, 1.807) is 11.8 Å². The van der Waals surface area contributed by atoms with Gasteiger partial charge in [0.15, 0.2) is 5.96 Å². The van der Waals surface area contributed by atoms with Gasteiger partial charge in [0.2, 0.25) is 5.91 Å². The predicted octanol–water partition coefficient (Wildman–Crippen LogP) is 4.78. The van der Waals surface area contributed by atoms with Crippen molar-refractivity contribution in [2.45, 2.75) is 22.6 Å². The minimum absolute atomic E-state index is 0.0312. The SMILES string of the molecule is O=C(CCc1ccccc1)Nc1ccc(Sc2ccc(NC3=NCCN3)cc2)cc1. The van der Waals surface area contributed by atoms with E-state index in [1.165, 1.54) is 5.56 Å². The fraction of sp³-hybridized carbons (Fsp3) is 0.167. The van der Waals surface area contributed by atoms with E-state index in [9.17, 15) is 4.79 Å². The summed E-state index contributed by atoms with van der Waals surface area (Å²) in [5.74, 6) is 0.862. The lowest BCUT2D eigenvalue weighted by Crippen LogP contribution is -2.26. The molecular weight excluding hydrogens is 392 g/mol. The van der Waals surface area contributed by atoms with E-state index in [0.29, 0.717) is 6.42 Å². The Morgan fingerprint density at radius 2 is 1.57 bits per heavy atom. The largest absolute Gasteiger partial charge is 0.354 e. The first kappa shape index (κ1) is 20.0. The summed E-state index contributed by atoms with van der Waals surface area (Å²) < 4.78 is 0. The molecule has 3 aromatic carbocycles. The van der Waals surface area contributed by atoms with Crippen molar-refractivity contribution in [3.8, 4) is 0 Å². The number of aliphatic imine (C=N–C) groups is 1. The number of amides is 1. The molecule has 0 saturated carbocycles. The van der Waals surface area contributed by atoms with E-state index in [4.69, 9.17) is 0 Å². The Hall–Kier alpha value is -3.25. The molecule has 3 aromatic rings. The van der Waals surface area contributed by atoms with Crippen molar-refractivity contribution >= 4 is 35.0 Å². The Morgan fingerprint density at radius 3 is 2.20 bits per heavy atom. The third-order valence-corrected chi connectivity index (χ3v) is 5.66. The maximum atomic E-state index is 12.2. The number of carbonyl (C=O) groups is 1. The molecule has 0 bridgehead atoms. The van der Waals surface area contributed by atoms with Crippen molar-refractivity contribution in [3.63, 3.8) is 0 Å². The average molecular weight is 417 g/mol. The molecule has 6 heteroatoms. The summed E-state index contributed by atoms with van der Waals surface area (Å²) in [6.07, 6.45) is 1.22. The van der Waals surface area contributed by atoms with Crippen LogP contribution in [-0.2, 0) is 11.2 Å². The number of carbonyl (C=O) groups excluding carboxylic acids is 1. The molecule has 0 aliphatic carbocycles. The first-order valence-corrected chi connectivity index (χ1v) is 10.8. The molecule has 1 aliphatic heterocycles. The normalized spacial score (nSPS) is 12.7. The number of nitrogens with one attached hydrogen (secondary N) is 3. The molecule has 152 valence electrons. The highest BCUT2D eigenvalue weighted by Gasteiger charge is 2.06. The lowest BCUT2D eigenvalue weighted by Gasteiger charge is -2.08. The van der Waals surface area contributed by atoms with Crippen LogP contribution in [0, 0.1) is 0 Å². The number of hydrogen-bond donors (Lipinski definition) is 3. The molecule has 0 saturated heterocycles. The molecule has 0 aromatic heterocycles. The summed E-state index contributed by atoms with van der Waals surface area (Å²) >= 11 is 1.69. The van der Waals surface area contributed by atoms with Crippen molar-refractivity contribution in [2.75, 3.05) is 23.7 Å². The molecule has 30 heavy (non-hydrogen) atoms. The van der Waals surface area contributed by atoms with Crippen LogP contribution in [-0.4, -0.2) is 25.0 Å². The number of nitrogens with zero attached hydrogens (tertiary/aromatic N) is 1. The van der Waals surface area contributed by atoms with E-state index < -0.39 is 0 Å². The highest BCUT2D eigenvalue weighted by atomic mass is 32.2. The topological polar surface area (TPSA) is 65.5 Å². The zero-order valence-electron chi connectivity index (χ0n) is 16.6. The minimum atomic E-state index is 0.0312. The maximum absolute atomic E-state index is 12.2. The molecule has 0 fully saturated rings. The summed E-state index contributed by atoms with van der Waals surface area (Å²) in [6.45, 7) is 1.71. The van der Waals surface area contributed by atoms with Gasteiger partial charge >= 0.3 is 0 Å². The van der Waals surface area contributed by atoms with E-state index in [2.05, 4.69) is 33.1 Å². The van der Waals surface area contributed by atoms with Gasteiger partial charge in [0.05, 0.1) is 6.54 Å². The predicted molar refractivity (Wildman–Crippen MR) is 124 cm³/mol. The highest BCUT2D eigenvalue weighted by molar-refractivity contribution is 7.99. The van der Waals surface area contributed by atoms with E-state index in [0.717, 1.165) is 46.6 Å². The van der Waals surface area contributed by atoms with Gasteiger partial charge in [-0.05, 0) is 60.5 Å². The fourth-order valence-corrected chi connectivity index (χ4v) is 3.91. The summed E-state index contributed by atoms with van der Waals surface area (Å²) in [7, 11) is 0. The monoisotopic (exact) mass is 416 g/mol. The van der Waals surface area contributed by atoms with Crippen molar-refractivity contribution in [2.24, 2.45) is 4.99 Å². The number of benzene rings is 3. The van der Waals surface area contributed by atoms with Crippen molar-refractivity contribution in [3.05, 3.63) is 84.4 Å². The summed E-state index contributed by atoms with van der Waals surface area (Å²) in [5, 5.41) is 9.44. The van der Waals surface area contributed by atoms with Crippen LogP contribution in [0.5, 0.6) is 0 Å². The van der Waals surface area contributed by atoms with Crippen molar-refractivity contribution < 1.29 is 4.79 Å². The highest BCUT2D eigenvalue weighted by Crippen LogP contribution is 2.29. The Kier molecular flexibility index (Phi) is 6.67. The summed E-state index contributed by atoms with van der Waals surface area (Å²) in [6, 6.07) is 26.3. The number of rotatable bonds is 7. The molecule has 0 unspecified atom stereocenters. The van der Waals surface area contributed by atoms with Gasteiger partial charge in [0.25, 0.3) is 0 Å². The van der Waals surface area contributed by atoms with Gasteiger partial charge < -0.3 is 16.0 Å². The summed E-state index contributed by atoms with van der Waals surface area (Å²) in [4.78, 5) is 18.8. The third-order valence-electron chi connectivity index (χ3n) is 4.65. The van der Waals surface area contributed by atoms with Gasteiger partial charge in [-0.25, -0.2) is 0 Å². The lowest BCUT2D eigenvalue weighted by atomic mass is 10.1. The standard InChI is InChI=1S/C24H24N4OS/c29-23(15-6-18-4-2-1-3-5-18)27-19-7-11-21(12-8-19)30-22-13-9-20(10-14-22)28-24-25-16-17-26-24/h1-5,7-14H,6,15-17H2,(H,27,29)(H2,25,26,28). The molecule has 1 amide bonds. The lowest BCUT2D eigenvalue weighted by molar-refractivity contribution is -0.116. The van der Waals surface area contributed by atoms with E-state index >= 15 is 0 Å². The van der Waals surface area contributed by atoms with Gasteiger partial charge in [0.1, 0.15) is 0 Å². The van der Waals surface area contributed by atoms with Gasteiger partial charge in [-0.1, -0.05) is 42.1 Å². The first-order valence-electron chi connectivity index (χ1n) is 10.0. The second-order valence-corrected chi connectivity index (χ2v) is 8.11. The second-order valence-electron chi connectivity index (χ2n) is 6.97. The molecule has 5 nitrogen and oxygen atoms in total. The molecule has 0 atom stereocenters. The molecule has 0 radical (unpaired) electrons. The Balaban J connectivity index is 1.26. The fourth-order valence-electron chi connectivity index (χ4n) is 3.09. The quantitative estimate of drug-likeness (QED) is 0.519. The van der Waals surface area contributed by atoms with E-state index in [-0.39, 0.29) is 5.91 Å². The van der Waals surface area contributed by atoms with Crippen LogP contribution in [0.1, 0.15) is 12.0 Å². The van der Waals surface area contributed by atoms with Crippen LogP contribution < -0.4 is 16.0 Å². The molecular formula is C24H24N4OS. The molecule has 0 spiro atoms. The smallest absolute Gasteiger partial charge is 0.224 e. The number of guanidine groups is 1. The Morgan fingerprint density at radius 1 is 0.900 bits per heavy atom. The molecule has 3 N–H and O–H groups in total. The van der Waals surface area contributed by atoms with Crippen molar-refractivity contribution in [1.29, 1.82) is 0 Å². The van der Waals surface area contributed by atoms with Crippen molar-refractivity contribution in [1.82, 2.24) is 5.32 Å². The molecule has 1 heterocycles. The van der Waals surface area contributed by atoms with Crippen LogP contribution in [0.4, 0.5) is 11.4 Å². The van der Waals surface area contributed by atoms with Crippen LogP contribution in [0.2, 0.25) is 0 Å². The molecule has 4 rings (SSSR count). The Bertz CT molecular complexity index is 1000. The average Bonchev–Trinajstić information content (AvgIpc) is 3.29. The number of aryl methyl sites for hydroxylation is 1. The second kappa shape index (κ2) is 9.98. The van der Waals surface area contributed by atoms with Crippen LogP contribution in [0.25, 0.3) is 0 Å². The zero-order chi connectivity index (χ0) is 20.6. The van der Waals surface area contributed by atoms with Gasteiger partial charge in [-0.2, -0.15) is 0 Å². The van der Waals surface area contributed by atoms with Crippen LogP contribution in [0.3, 0.4) is 0 Å². The van der Waals surface area contributed by atoms with Crippen LogP contribution in [0.15, 0.2) is 93.6 Å². The zero-order valence-corrected chi connectivity index (χ0v) is 17.4. The third kappa shape index (κ3) is 5.87. The van der Waals surface area contributed by atoms with Crippen LogP contribution >= 0.6 is 11.8 Å². The van der Waals surface area contributed by atoms with Gasteiger partial charge in [-0.15, -0.1) is 0 Å². The number of anilines is 2.